The first-order valence-electron chi connectivity index (χ1n) is 12.3. The number of rotatable bonds is 1. The van der Waals surface area contributed by atoms with E-state index in [9.17, 15) is 0 Å². The Labute approximate surface area is 228 Å². The number of hydrogen-bond donors (Lipinski definition) is 0. The zero-order chi connectivity index (χ0) is 25.0. The van der Waals surface area contributed by atoms with Gasteiger partial charge in [-0.25, -0.2) is 0 Å². The van der Waals surface area contributed by atoms with Crippen molar-refractivity contribution in [1.82, 2.24) is 0 Å². The zero-order valence-corrected chi connectivity index (χ0v) is 24.1. The summed E-state index contributed by atoms with van der Waals surface area (Å²) >= 11 is 13.6. The Hall–Kier alpha value is -2.70. The number of para-hydroxylation sites is 2. The zero-order valence-electron chi connectivity index (χ0n) is 20.7. The molecule has 3 aromatic carbocycles. The largest absolute Gasteiger partial charge is 0.302 e. The first-order chi connectivity index (χ1) is 17.2. The number of allylic oxidation sites excluding steroid dienone is 1. The highest BCUT2D eigenvalue weighted by atomic mass is 32.1. The highest BCUT2D eigenvalue weighted by molar-refractivity contribution is 7.84. The average Bonchev–Trinajstić information content (AvgIpc) is 3.40. The maximum absolute atomic E-state index is 5.87. The fourth-order valence-corrected chi connectivity index (χ4v) is 11.3. The third-order valence-corrected chi connectivity index (χ3v) is 13.7. The van der Waals surface area contributed by atoms with E-state index in [1.54, 1.807) is 0 Å². The van der Waals surface area contributed by atoms with Crippen LogP contribution in [0.2, 0.25) is 13.1 Å². The van der Waals surface area contributed by atoms with Crippen LogP contribution in [0.15, 0.2) is 78.4 Å². The van der Waals surface area contributed by atoms with Crippen LogP contribution >= 0.6 is 35.8 Å². The normalized spacial score (nSPS) is 17.9. The van der Waals surface area contributed by atoms with Gasteiger partial charge in [0, 0.05) is 32.7 Å². The molecule has 0 atom stereocenters. The van der Waals surface area contributed by atoms with Crippen LogP contribution in [0.25, 0.3) is 6.08 Å². The van der Waals surface area contributed by atoms with Crippen molar-refractivity contribution in [2.75, 3.05) is 4.90 Å². The van der Waals surface area contributed by atoms with Gasteiger partial charge >= 0.3 is 0 Å². The maximum Gasteiger partial charge on any atom is 0.117 e. The maximum atomic E-state index is 5.87. The van der Waals surface area contributed by atoms with Crippen molar-refractivity contribution in [1.29, 1.82) is 0 Å². The Morgan fingerprint density at radius 2 is 1.44 bits per heavy atom. The summed E-state index contributed by atoms with van der Waals surface area (Å²) in [6, 6.07) is 26.6. The molecule has 5 heteroatoms. The van der Waals surface area contributed by atoms with Gasteiger partial charge in [-0.3, -0.25) is 0 Å². The Kier molecular flexibility index (Phi) is 4.64. The molecule has 1 aromatic heterocycles. The molecule has 0 spiro atoms. The number of anilines is 3. The molecule has 0 saturated carbocycles. The topological polar surface area (TPSA) is 3.24 Å². The van der Waals surface area contributed by atoms with E-state index in [-0.39, 0.29) is 5.41 Å². The molecule has 0 saturated heterocycles. The van der Waals surface area contributed by atoms with Gasteiger partial charge in [-0.1, -0.05) is 112 Å². The van der Waals surface area contributed by atoms with E-state index in [1.807, 2.05) is 23.5 Å². The molecule has 2 aliphatic heterocycles. The third kappa shape index (κ3) is 2.80. The predicted molar refractivity (Wildman–Crippen MR) is 166 cm³/mol. The monoisotopic (exact) mass is 535 g/mol. The van der Waals surface area contributed by atoms with Crippen LogP contribution in [0.4, 0.5) is 16.4 Å². The molecule has 3 heterocycles. The highest BCUT2D eigenvalue weighted by Crippen LogP contribution is 2.56. The lowest BCUT2D eigenvalue weighted by molar-refractivity contribution is 0.636. The number of fused-ring (bicyclic) bond motifs is 5. The Morgan fingerprint density at radius 3 is 2.17 bits per heavy atom. The molecule has 0 unspecified atom stereocenters. The molecule has 0 N–H and O–H groups in total. The molecule has 4 aromatic rings. The van der Waals surface area contributed by atoms with Gasteiger partial charge in [0.2, 0.25) is 0 Å². The molecule has 0 amide bonds. The second-order valence-electron chi connectivity index (χ2n) is 10.9. The number of thiocarbonyl (C=S) groups is 2. The van der Waals surface area contributed by atoms with Crippen molar-refractivity contribution in [3.63, 3.8) is 0 Å². The standard InChI is InChI=1S/C31H25NS3Si/c1-31(2)22-12-9-15-26-27(22)32(24-13-7-8-14-25(24)36(26,3)4)30-23(31)17-18(35-30)16-21-28(33)19-10-5-6-11-20(19)29(21)34/h5-17H,1-4H3. The molecule has 3 aliphatic rings. The summed E-state index contributed by atoms with van der Waals surface area (Å²) in [5.41, 5.74) is 8.60. The Bertz CT molecular complexity index is 1650. The quantitative estimate of drug-likeness (QED) is 0.141. The number of thiophene rings is 1. The van der Waals surface area contributed by atoms with Gasteiger partial charge < -0.3 is 4.90 Å². The van der Waals surface area contributed by atoms with Crippen molar-refractivity contribution in [2.24, 2.45) is 0 Å². The number of benzene rings is 3. The molecule has 0 radical (unpaired) electrons. The first-order valence-corrected chi connectivity index (χ1v) is 16.9. The van der Waals surface area contributed by atoms with Crippen LogP contribution in [0.5, 0.6) is 0 Å². The molecular formula is C31H25NS3Si. The van der Waals surface area contributed by atoms with Gasteiger partial charge in [0.15, 0.2) is 0 Å². The van der Waals surface area contributed by atoms with Crippen LogP contribution in [0.1, 0.15) is 41.0 Å². The number of nitrogens with zero attached hydrogens (tertiary/aromatic N) is 1. The molecular weight excluding hydrogens is 511 g/mol. The van der Waals surface area contributed by atoms with Crippen molar-refractivity contribution < 1.29 is 0 Å². The summed E-state index contributed by atoms with van der Waals surface area (Å²) in [5, 5.41) is 4.35. The first kappa shape index (κ1) is 22.5. The van der Waals surface area contributed by atoms with Crippen molar-refractivity contribution >= 4 is 86.4 Å². The van der Waals surface area contributed by atoms with E-state index in [1.165, 1.54) is 42.8 Å². The lowest BCUT2D eigenvalue weighted by Gasteiger charge is -2.47. The van der Waals surface area contributed by atoms with Gasteiger partial charge in [0.1, 0.15) is 13.1 Å². The van der Waals surface area contributed by atoms with E-state index < -0.39 is 8.07 Å². The summed E-state index contributed by atoms with van der Waals surface area (Å²) in [6.07, 6.45) is 2.23. The predicted octanol–water partition coefficient (Wildman–Crippen LogP) is 7.53. The van der Waals surface area contributed by atoms with E-state index in [4.69, 9.17) is 24.4 Å². The second-order valence-corrected chi connectivity index (χ2v) is 17.1. The molecule has 176 valence electrons. The van der Waals surface area contributed by atoms with E-state index in [2.05, 4.69) is 98.6 Å². The summed E-state index contributed by atoms with van der Waals surface area (Å²) < 4.78 is 0. The molecule has 1 nitrogen and oxygen atoms in total. The van der Waals surface area contributed by atoms with Crippen LogP contribution < -0.4 is 15.3 Å². The summed E-state index contributed by atoms with van der Waals surface area (Å²) in [5.74, 6) is 0. The third-order valence-electron chi connectivity index (χ3n) is 8.22. The van der Waals surface area contributed by atoms with Gasteiger partial charge in [-0.2, -0.15) is 0 Å². The number of hydrogen-bond acceptors (Lipinski definition) is 4. The minimum Gasteiger partial charge on any atom is -0.302 e. The second kappa shape index (κ2) is 7.42. The van der Waals surface area contributed by atoms with Crippen LogP contribution in [-0.4, -0.2) is 17.8 Å². The summed E-state index contributed by atoms with van der Waals surface area (Å²) in [6.45, 7) is 9.73. The molecule has 7 rings (SSSR count). The van der Waals surface area contributed by atoms with Gasteiger partial charge in [0.25, 0.3) is 0 Å². The van der Waals surface area contributed by atoms with Crippen LogP contribution in [0.3, 0.4) is 0 Å². The van der Waals surface area contributed by atoms with E-state index >= 15 is 0 Å². The Morgan fingerprint density at radius 1 is 0.806 bits per heavy atom. The van der Waals surface area contributed by atoms with Gasteiger partial charge in [0.05, 0.1) is 15.4 Å². The van der Waals surface area contributed by atoms with Crippen molar-refractivity contribution in [3.05, 3.63) is 106 Å². The average molecular weight is 536 g/mol. The lowest BCUT2D eigenvalue weighted by Crippen LogP contribution is -2.59. The highest BCUT2D eigenvalue weighted by Gasteiger charge is 2.46. The SMILES string of the molecule is CC1(C)c2cc(C=C3C(=S)c4ccccc4C3=S)sc2N2c3ccccc3[Si](C)(C)c3cccc1c32. The molecule has 0 bridgehead atoms. The smallest absolute Gasteiger partial charge is 0.117 e. The molecule has 0 fully saturated rings. The van der Waals surface area contributed by atoms with Gasteiger partial charge in [-0.05, 0) is 39.7 Å². The minimum atomic E-state index is -1.83. The lowest BCUT2D eigenvalue weighted by atomic mass is 9.75. The van der Waals surface area contributed by atoms with Crippen LogP contribution in [0, 0.1) is 0 Å². The van der Waals surface area contributed by atoms with E-state index in [0.717, 1.165) is 26.4 Å². The van der Waals surface area contributed by atoms with Gasteiger partial charge in [-0.15, -0.1) is 11.3 Å². The minimum absolute atomic E-state index is 0.0964. The van der Waals surface area contributed by atoms with Crippen molar-refractivity contribution in [2.45, 2.75) is 32.4 Å². The van der Waals surface area contributed by atoms with E-state index in [0.29, 0.717) is 0 Å². The fraction of sp³-hybridized carbons (Fsp3) is 0.161. The molecule has 36 heavy (non-hydrogen) atoms. The summed E-state index contributed by atoms with van der Waals surface area (Å²) in [7, 11) is -1.83. The Balaban J connectivity index is 1.46. The van der Waals surface area contributed by atoms with Crippen LogP contribution in [-0.2, 0) is 5.41 Å². The van der Waals surface area contributed by atoms with Crippen molar-refractivity contribution in [3.8, 4) is 0 Å². The molecule has 1 aliphatic carbocycles. The fourth-order valence-electron chi connectivity index (χ4n) is 6.24. The summed E-state index contributed by atoms with van der Waals surface area (Å²) in [4.78, 5) is 5.48.